The first kappa shape index (κ1) is 8.43. The average Bonchev–Trinajstić information content (AvgIpc) is 2.62. The van der Waals surface area contributed by atoms with Crippen molar-refractivity contribution in [3.05, 3.63) is 28.6 Å². The van der Waals surface area contributed by atoms with Crippen LogP contribution in [0, 0.1) is 0 Å². The molecule has 68 valence electrons. The van der Waals surface area contributed by atoms with Gasteiger partial charge in [-0.05, 0) is 6.07 Å². The fourth-order valence-corrected chi connectivity index (χ4v) is 1.28. The summed E-state index contributed by atoms with van der Waals surface area (Å²) >= 11 is 3.08. The first-order valence-corrected chi connectivity index (χ1v) is 4.50. The maximum absolute atomic E-state index is 5.14. The number of halogens is 1. The molecule has 2 heterocycles. The minimum atomic E-state index is 0.401. The van der Waals surface area contributed by atoms with Crippen LogP contribution < -0.4 is 0 Å². The van der Waals surface area contributed by atoms with Crippen LogP contribution in [0.1, 0.15) is 11.6 Å². The molecule has 0 fully saturated rings. The Hall–Kier alpha value is -1.17. The van der Waals surface area contributed by atoms with Crippen molar-refractivity contribution < 1.29 is 4.42 Å². The van der Waals surface area contributed by atoms with Crippen molar-refractivity contribution in [2.45, 2.75) is 6.42 Å². The van der Waals surface area contributed by atoms with Crippen molar-refractivity contribution in [3.8, 4) is 0 Å². The second-order valence-electron chi connectivity index (χ2n) is 2.61. The molecule has 2 aromatic heterocycles. The molecule has 0 N–H and O–H groups in total. The molecule has 0 unspecified atom stereocenters. The molecule has 0 aromatic carbocycles. The Morgan fingerprint density at radius 1 is 1.54 bits per heavy atom. The third-order valence-electron chi connectivity index (χ3n) is 1.54. The Morgan fingerprint density at radius 2 is 2.38 bits per heavy atom. The van der Waals surface area contributed by atoms with Crippen LogP contribution in [-0.4, -0.2) is 20.0 Å². The van der Waals surface area contributed by atoms with E-state index >= 15 is 0 Å². The zero-order valence-corrected chi connectivity index (χ0v) is 8.52. The zero-order valence-electron chi connectivity index (χ0n) is 6.94. The lowest BCUT2D eigenvalue weighted by atomic mass is 10.3. The highest BCUT2D eigenvalue weighted by molar-refractivity contribution is 9.10. The molecule has 0 saturated heterocycles. The Balaban J connectivity index is 2.14. The van der Waals surface area contributed by atoms with E-state index in [1.807, 2.05) is 19.3 Å². The van der Waals surface area contributed by atoms with Crippen LogP contribution in [0.15, 0.2) is 21.5 Å². The van der Waals surface area contributed by atoms with Gasteiger partial charge < -0.3 is 4.42 Å². The molecule has 6 heteroatoms. The SMILES string of the molecule is Cn1ccc(Cc2nnc(Br)o2)n1. The number of aromatic nitrogens is 4. The third kappa shape index (κ3) is 1.95. The van der Waals surface area contributed by atoms with Crippen molar-refractivity contribution in [3.63, 3.8) is 0 Å². The molecule has 0 spiro atoms. The Bertz CT molecular complexity index is 370. The third-order valence-corrected chi connectivity index (χ3v) is 1.86. The molecular weight excluding hydrogens is 236 g/mol. The zero-order chi connectivity index (χ0) is 9.26. The van der Waals surface area contributed by atoms with Gasteiger partial charge in [-0.25, -0.2) is 0 Å². The maximum atomic E-state index is 5.14. The molecule has 0 amide bonds. The highest BCUT2D eigenvalue weighted by atomic mass is 79.9. The summed E-state index contributed by atoms with van der Waals surface area (Å²) in [5.41, 5.74) is 0.915. The summed E-state index contributed by atoms with van der Waals surface area (Å²) in [6.07, 6.45) is 2.44. The number of rotatable bonds is 2. The van der Waals surface area contributed by atoms with Crippen LogP contribution >= 0.6 is 15.9 Å². The van der Waals surface area contributed by atoms with Crippen LogP contribution in [-0.2, 0) is 13.5 Å². The number of aryl methyl sites for hydroxylation is 1. The fraction of sp³-hybridized carbons (Fsp3) is 0.286. The van der Waals surface area contributed by atoms with Gasteiger partial charge in [-0.3, -0.25) is 4.68 Å². The molecule has 2 rings (SSSR count). The summed E-state index contributed by atoms with van der Waals surface area (Å²) in [5, 5.41) is 11.7. The van der Waals surface area contributed by atoms with E-state index in [9.17, 15) is 0 Å². The molecule has 5 nitrogen and oxygen atoms in total. The maximum Gasteiger partial charge on any atom is 0.284 e. The summed E-state index contributed by atoms with van der Waals surface area (Å²) in [4.78, 5) is 0.401. The van der Waals surface area contributed by atoms with Crippen molar-refractivity contribution >= 4 is 15.9 Å². The second-order valence-corrected chi connectivity index (χ2v) is 3.28. The second kappa shape index (κ2) is 3.29. The van der Waals surface area contributed by atoms with E-state index in [0.717, 1.165) is 5.69 Å². The van der Waals surface area contributed by atoms with Crippen LogP contribution in [0.2, 0.25) is 0 Å². The fourth-order valence-electron chi connectivity index (χ4n) is 1.02. The van der Waals surface area contributed by atoms with Gasteiger partial charge in [0.25, 0.3) is 4.80 Å². The van der Waals surface area contributed by atoms with Crippen LogP contribution in [0.25, 0.3) is 0 Å². The monoisotopic (exact) mass is 242 g/mol. The number of hydrogen-bond acceptors (Lipinski definition) is 4. The molecule has 0 saturated carbocycles. The van der Waals surface area contributed by atoms with Crippen LogP contribution in [0.3, 0.4) is 0 Å². The van der Waals surface area contributed by atoms with Gasteiger partial charge in [0.05, 0.1) is 12.1 Å². The largest absolute Gasteiger partial charge is 0.415 e. The van der Waals surface area contributed by atoms with Gasteiger partial charge in [0.15, 0.2) is 0 Å². The summed E-state index contributed by atoms with van der Waals surface area (Å²) in [7, 11) is 1.87. The van der Waals surface area contributed by atoms with Crippen LogP contribution in [0.5, 0.6) is 0 Å². The first-order chi connectivity index (χ1) is 6.24. The predicted molar refractivity (Wildman–Crippen MR) is 48.0 cm³/mol. The van der Waals surface area contributed by atoms with E-state index in [1.54, 1.807) is 4.68 Å². The van der Waals surface area contributed by atoms with Crippen molar-refractivity contribution in [1.29, 1.82) is 0 Å². The first-order valence-electron chi connectivity index (χ1n) is 3.70. The summed E-state index contributed by atoms with van der Waals surface area (Å²) < 4.78 is 6.88. The van der Waals surface area contributed by atoms with Gasteiger partial charge in [-0.2, -0.15) is 5.10 Å². The average molecular weight is 243 g/mol. The molecule has 0 bridgehead atoms. The van der Waals surface area contributed by atoms with E-state index in [-0.39, 0.29) is 0 Å². The predicted octanol–water partition coefficient (Wildman–Crippen LogP) is 1.16. The molecule has 0 aliphatic heterocycles. The van der Waals surface area contributed by atoms with E-state index in [0.29, 0.717) is 17.1 Å². The van der Waals surface area contributed by atoms with Gasteiger partial charge in [0.2, 0.25) is 5.89 Å². The standard InChI is InChI=1S/C7H7BrN4O/c1-12-3-2-5(11-12)4-6-9-10-7(8)13-6/h2-3H,4H2,1H3. The topological polar surface area (TPSA) is 56.7 Å². The summed E-state index contributed by atoms with van der Waals surface area (Å²) in [6.45, 7) is 0. The summed E-state index contributed by atoms with van der Waals surface area (Å²) in [6, 6.07) is 1.91. The minimum absolute atomic E-state index is 0.401. The molecule has 0 aliphatic rings. The molecule has 0 radical (unpaired) electrons. The Kier molecular flexibility index (Phi) is 2.13. The molecular formula is C7H7BrN4O. The number of hydrogen-bond donors (Lipinski definition) is 0. The molecule has 13 heavy (non-hydrogen) atoms. The lowest BCUT2D eigenvalue weighted by Gasteiger charge is -1.88. The van der Waals surface area contributed by atoms with E-state index in [4.69, 9.17) is 4.42 Å². The van der Waals surface area contributed by atoms with Gasteiger partial charge in [0, 0.05) is 29.2 Å². The van der Waals surface area contributed by atoms with Crippen molar-refractivity contribution in [2.24, 2.45) is 7.05 Å². The van der Waals surface area contributed by atoms with E-state index in [2.05, 4.69) is 31.2 Å². The molecule has 0 aliphatic carbocycles. The van der Waals surface area contributed by atoms with Gasteiger partial charge in [-0.15, -0.1) is 10.2 Å². The normalized spacial score (nSPS) is 10.6. The quantitative estimate of drug-likeness (QED) is 0.794. The lowest BCUT2D eigenvalue weighted by Crippen LogP contribution is -1.92. The van der Waals surface area contributed by atoms with Crippen molar-refractivity contribution in [2.75, 3.05) is 0 Å². The Labute approximate surface area is 82.9 Å². The van der Waals surface area contributed by atoms with Crippen LogP contribution in [0.4, 0.5) is 0 Å². The highest BCUT2D eigenvalue weighted by Gasteiger charge is 2.05. The van der Waals surface area contributed by atoms with Gasteiger partial charge in [-0.1, -0.05) is 0 Å². The molecule has 0 atom stereocenters. The lowest BCUT2D eigenvalue weighted by molar-refractivity contribution is 0.480. The summed E-state index contributed by atoms with van der Waals surface area (Å²) in [5.74, 6) is 0.561. The number of nitrogens with zero attached hydrogens (tertiary/aromatic N) is 4. The minimum Gasteiger partial charge on any atom is -0.415 e. The Morgan fingerprint density at radius 3 is 2.92 bits per heavy atom. The van der Waals surface area contributed by atoms with Crippen molar-refractivity contribution in [1.82, 2.24) is 20.0 Å². The van der Waals surface area contributed by atoms with Gasteiger partial charge in [0.1, 0.15) is 0 Å². The van der Waals surface area contributed by atoms with E-state index in [1.165, 1.54) is 0 Å². The molecule has 2 aromatic rings. The highest BCUT2D eigenvalue weighted by Crippen LogP contribution is 2.09. The van der Waals surface area contributed by atoms with Gasteiger partial charge >= 0.3 is 0 Å². The smallest absolute Gasteiger partial charge is 0.284 e. The van der Waals surface area contributed by atoms with E-state index < -0.39 is 0 Å².